The molecule has 1 aliphatic heterocycles. The van der Waals surface area contributed by atoms with Gasteiger partial charge in [-0.15, -0.1) is 0 Å². The smallest absolute Gasteiger partial charge is 0.222 e. The van der Waals surface area contributed by atoms with E-state index in [1.54, 1.807) is 11.1 Å². The summed E-state index contributed by atoms with van der Waals surface area (Å²) in [7, 11) is 1.85. The normalized spacial score (nSPS) is 16.1. The molecule has 0 spiro atoms. The number of H-pyrrole nitrogens is 1. The molecule has 1 aromatic heterocycles. The van der Waals surface area contributed by atoms with E-state index in [1.165, 1.54) is 5.56 Å². The molecule has 0 saturated carbocycles. The number of hydrogen-bond acceptors (Lipinski definition) is 3. The molecule has 5 heteroatoms. The summed E-state index contributed by atoms with van der Waals surface area (Å²) in [6.07, 6.45) is 6.90. The molecule has 2 aromatic rings. The predicted molar refractivity (Wildman–Crippen MR) is 83.7 cm³/mol. The van der Waals surface area contributed by atoms with Gasteiger partial charge in [-0.2, -0.15) is 5.10 Å². The number of aromatic nitrogens is 2. The maximum absolute atomic E-state index is 12.2. The van der Waals surface area contributed by atoms with Crippen LogP contribution in [0.3, 0.4) is 0 Å². The number of fused-ring (bicyclic) bond motifs is 1. The van der Waals surface area contributed by atoms with Crippen LogP contribution in [0, 0.1) is 0 Å². The highest BCUT2D eigenvalue weighted by molar-refractivity contribution is 5.75. The molecule has 0 radical (unpaired) electrons. The Morgan fingerprint density at radius 2 is 2.32 bits per heavy atom. The van der Waals surface area contributed by atoms with Crippen molar-refractivity contribution in [2.75, 3.05) is 13.6 Å². The number of nitrogens with zero attached hydrogens (tertiary/aromatic N) is 2. The van der Waals surface area contributed by atoms with Crippen molar-refractivity contribution in [1.82, 2.24) is 15.1 Å². The summed E-state index contributed by atoms with van der Waals surface area (Å²) in [4.78, 5) is 14.0. The Morgan fingerprint density at radius 3 is 3.09 bits per heavy atom. The van der Waals surface area contributed by atoms with Crippen LogP contribution >= 0.6 is 0 Å². The lowest BCUT2D eigenvalue weighted by molar-refractivity contribution is -0.130. The number of benzene rings is 1. The number of rotatable bonds is 6. The lowest BCUT2D eigenvalue weighted by Crippen LogP contribution is -2.36. The van der Waals surface area contributed by atoms with E-state index in [4.69, 9.17) is 4.74 Å². The van der Waals surface area contributed by atoms with Gasteiger partial charge < -0.3 is 9.64 Å². The van der Waals surface area contributed by atoms with Gasteiger partial charge in [0.1, 0.15) is 11.9 Å². The van der Waals surface area contributed by atoms with Crippen molar-refractivity contribution in [2.24, 2.45) is 0 Å². The van der Waals surface area contributed by atoms with Gasteiger partial charge in [0, 0.05) is 26.1 Å². The lowest BCUT2D eigenvalue weighted by Gasteiger charge is -2.21. The molecule has 0 saturated heterocycles. The molecular formula is C17H21N3O2. The van der Waals surface area contributed by atoms with E-state index in [1.807, 2.05) is 31.4 Å². The fourth-order valence-electron chi connectivity index (χ4n) is 2.81. The first-order valence-electron chi connectivity index (χ1n) is 7.68. The van der Waals surface area contributed by atoms with E-state index in [9.17, 15) is 4.79 Å². The first-order chi connectivity index (χ1) is 10.7. The number of nitrogens with one attached hydrogen (secondary N) is 1. The second-order valence-corrected chi connectivity index (χ2v) is 5.79. The van der Waals surface area contributed by atoms with Crippen molar-refractivity contribution in [1.29, 1.82) is 0 Å². The zero-order chi connectivity index (χ0) is 15.4. The Labute approximate surface area is 130 Å². The van der Waals surface area contributed by atoms with Gasteiger partial charge in [0.05, 0.1) is 12.7 Å². The standard InChI is InChI=1S/C17H21N3O2/c1-20(17(21)8-4-5-13-10-18-19-11-13)12-15-9-14-6-2-3-7-16(14)22-15/h2-3,6-7,10-11,15H,4-5,8-9,12H2,1H3,(H,18,19). The highest BCUT2D eigenvalue weighted by atomic mass is 16.5. The van der Waals surface area contributed by atoms with Gasteiger partial charge in [0.2, 0.25) is 5.91 Å². The number of ether oxygens (including phenoxy) is 1. The molecule has 1 amide bonds. The second-order valence-electron chi connectivity index (χ2n) is 5.79. The number of likely N-dealkylation sites (N-methyl/N-ethyl adjacent to an activating group) is 1. The minimum Gasteiger partial charge on any atom is -0.488 e. The Hall–Kier alpha value is -2.30. The molecule has 2 heterocycles. The lowest BCUT2D eigenvalue weighted by atomic mass is 10.1. The van der Waals surface area contributed by atoms with Crippen LogP contribution in [0.15, 0.2) is 36.7 Å². The van der Waals surface area contributed by atoms with E-state index < -0.39 is 0 Å². The fraction of sp³-hybridized carbons (Fsp3) is 0.412. The highest BCUT2D eigenvalue weighted by Gasteiger charge is 2.24. The Bertz CT molecular complexity index is 600. The number of aryl methyl sites for hydroxylation is 1. The molecular weight excluding hydrogens is 278 g/mol. The van der Waals surface area contributed by atoms with Gasteiger partial charge in [-0.1, -0.05) is 18.2 Å². The van der Waals surface area contributed by atoms with Gasteiger partial charge in [-0.3, -0.25) is 9.89 Å². The van der Waals surface area contributed by atoms with Crippen molar-refractivity contribution in [2.45, 2.75) is 31.8 Å². The number of para-hydroxylation sites is 1. The molecule has 1 N–H and O–H groups in total. The minimum absolute atomic E-state index is 0.0697. The van der Waals surface area contributed by atoms with Crippen molar-refractivity contribution in [3.05, 3.63) is 47.8 Å². The molecule has 116 valence electrons. The third-order valence-corrected chi connectivity index (χ3v) is 4.03. The molecule has 1 unspecified atom stereocenters. The van der Waals surface area contributed by atoms with Gasteiger partial charge in [0.15, 0.2) is 0 Å². The van der Waals surface area contributed by atoms with Crippen LogP contribution in [0.4, 0.5) is 0 Å². The third-order valence-electron chi connectivity index (χ3n) is 4.03. The van der Waals surface area contributed by atoms with E-state index in [0.29, 0.717) is 13.0 Å². The molecule has 1 aromatic carbocycles. The summed E-state index contributed by atoms with van der Waals surface area (Å²) < 4.78 is 5.88. The number of hydrogen-bond donors (Lipinski definition) is 1. The number of amides is 1. The zero-order valence-electron chi connectivity index (χ0n) is 12.8. The van der Waals surface area contributed by atoms with Crippen molar-refractivity contribution in [3.8, 4) is 5.75 Å². The third kappa shape index (κ3) is 3.47. The maximum atomic E-state index is 12.2. The van der Waals surface area contributed by atoms with Crippen molar-refractivity contribution >= 4 is 5.91 Å². The quantitative estimate of drug-likeness (QED) is 0.889. The molecule has 22 heavy (non-hydrogen) atoms. The SMILES string of the molecule is CN(CC1Cc2ccccc2O1)C(=O)CCCc1cn[nH]c1. The molecule has 1 aliphatic rings. The Morgan fingerprint density at radius 1 is 1.45 bits per heavy atom. The number of carbonyl (C=O) groups excluding carboxylic acids is 1. The predicted octanol–water partition coefficient (Wildman–Crippen LogP) is 2.19. The van der Waals surface area contributed by atoms with Gasteiger partial charge in [0.25, 0.3) is 0 Å². The average molecular weight is 299 g/mol. The van der Waals surface area contributed by atoms with Gasteiger partial charge >= 0.3 is 0 Å². The second kappa shape index (κ2) is 6.64. The summed E-state index contributed by atoms with van der Waals surface area (Å²) >= 11 is 0. The van der Waals surface area contributed by atoms with Crippen LogP contribution in [0.2, 0.25) is 0 Å². The highest BCUT2D eigenvalue weighted by Crippen LogP contribution is 2.28. The molecule has 1 atom stereocenters. The van der Waals surface area contributed by atoms with E-state index in [0.717, 1.165) is 30.6 Å². The summed E-state index contributed by atoms with van der Waals surface area (Å²) in [5.41, 5.74) is 2.37. The van der Waals surface area contributed by atoms with E-state index in [-0.39, 0.29) is 12.0 Å². The first kappa shape index (κ1) is 14.6. The summed E-state index contributed by atoms with van der Waals surface area (Å²) in [6.45, 7) is 0.638. The summed E-state index contributed by atoms with van der Waals surface area (Å²) in [6, 6.07) is 8.07. The van der Waals surface area contributed by atoms with Crippen molar-refractivity contribution in [3.63, 3.8) is 0 Å². The molecule has 0 bridgehead atoms. The van der Waals surface area contributed by atoms with Crippen LogP contribution in [-0.2, 0) is 17.6 Å². The van der Waals surface area contributed by atoms with E-state index >= 15 is 0 Å². The van der Waals surface area contributed by atoms with Crippen LogP contribution < -0.4 is 4.74 Å². The Balaban J connectivity index is 1.42. The Kier molecular flexibility index (Phi) is 4.42. The molecule has 5 nitrogen and oxygen atoms in total. The maximum Gasteiger partial charge on any atom is 0.222 e. The largest absolute Gasteiger partial charge is 0.488 e. The average Bonchev–Trinajstić information content (AvgIpc) is 3.15. The van der Waals surface area contributed by atoms with Crippen LogP contribution in [0.1, 0.15) is 24.0 Å². The first-order valence-corrected chi connectivity index (χ1v) is 7.68. The monoisotopic (exact) mass is 299 g/mol. The van der Waals surface area contributed by atoms with Crippen LogP contribution in [0.5, 0.6) is 5.75 Å². The molecule has 3 rings (SSSR count). The van der Waals surface area contributed by atoms with E-state index in [2.05, 4.69) is 16.3 Å². The number of carbonyl (C=O) groups is 1. The fourth-order valence-corrected chi connectivity index (χ4v) is 2.81. The summed E-state index contributed by atoms with van der Waals surface area (Å²) in [5, 5.41) is 6.69. The molecule has 0 fully saturated rings. The summed E-state index contributed by atoms with van der Waals surface area (Å²) in [5.74, 6) is 1.12. The number of aromatic amines is 1. The van der Waals surface area contributed by atoms with Gasteiger partial charge in [-0.25, -0.2) is 0 Å². The minimum atomic E-state index is 0.0697. The van der Waals surface area contributed by atoms with Crippen molar-refractivity contribution < 1.29 is 9.53 Å². The van der Waals surface area contributed by atoms with Crippen LogP contribution in [-0.4, -0.2) is 40.7 Å². The van der Waals surface area contributed by atoms with Crippen LogP contribution in [0.25, 0.3) is 0 Å². The van der Waals surface area contributed by atoms with Gasteiger partial charge in [-0.05, 0) is 30.0 Å². The molecule has 0 aliphatic carbocycles. The zero-order valence-corrected chi connectivity index (χ0v) is 12.8. The topological polar surface area (TPSA) is 58.2 Å².